The van der Waals surface area contributed by atoms with E-state index in [1.54, 1.807) is 23.5 Å². The zero-order valence-corrected chi connectivity index (χ0v) is 11.7. The molecule has 1 aromatic heterocycles. The van der Waals surface area contributed by atoms with Crippen molar-refractivity contribution in [3.8, 4) is 11.5 Å². The lowest BCUT2D eigenvalue weighted by Crippen LogP contribution is -1.99. The molecule has 0 aliphatic rings. The largest absolute Gasteiger partial charge is 0.508 e. The second-order valence-corrected chi connectivity index (χ2v) is 5.82. The summed E-state index contributed by atoms with van der Waals surface area (Å²) < 4.78 is 1.14. The fourth-order valence-corrected chi connectivity index (χ4v) is 2.92. The van der Waals surface area contributed by atoms with Crippen molar-refractivity contribution in [2.24, 2.45) is 0 Å². The van der Waals surface area contributed by atoms with Crippen LogP contribution in [0.5, 0.6) is 11.5 Å². The molecule has 0 aliphatic heterocycles. The van der Waals surface area contributed by atoms with Crippen molar-refractivity contribution in [2.75, 3.05) is 5.32 Å². The lowest BCUT2D eigenvalue weighted by atomic mass is 10.2. The van der Waals surface area contributed by atoms with Crippen molar-refractivity contribution in [2.45, 2.75) is 13.5 Å². The molecule has 3 rings (SSSR count). The normalized spacial score (nSPS) is 10.8. The van der Waals surface area contributed by atoms with Gasteiger partial charge in [-0.15, -0.1) is 11.3 Å². The molecule has 0 saturated heterocycles. The molecular weight excluding hydrogens is 272 g/mol. The quantitative estimate of drug-likeness (QED) is 0.688. The van der Waals surface area contributed by atoms with E-state index in [0.717, 1.165) is 26.5 Å². The van der Waals surface area contributed by atoms with Gasteiger partial charge in [0.2, 0.25) is 0 Å². The third-order valence-electron chi connectivity index (χ3n) is 3.05. The van der Waals surface area contributed by atoms with Crippen LogP contribution in [0, 0.1) is 6.92 Å². The number of hydrogen-bond donors (Lipinski definition) is 3. The molecule has 5 heteroatoms. The van der Waals surface area contributed by atoms with E-state index in [4.69, 9.17) is 0 Å². The summed E-state index contributed by atoms with van der Waals surface area (Å²) >= 11 is 1.66. The Balaban J connectivity index is 1.79. The van der Waals surface area contributed by atoms with Crippen molar-refractivity contribution in [3.05, 3.63) is 47.0 Å². The Bertz CT molecular complexity index is 768. The van der Waals surface area contributed by atoms with Crippen LogP contribution in [0.25, 0.3) is 10.2 Å². The highest BCUT2D eigenvalue weighted by molar-refractivity contribution is 7.18. The fraction of sp³-hybridized carbons (Fsp3) is 0.133. The van der Waals surface area contributed by atoms with Crippen LogP contribution in [-0.2, 0) is 6.54 Å². The second kappa shape index (κ2) is 5.02. The van der Waals surface area contributed by atoms with Crippen LogP contribution in [-0.4, -0.2) is 15.2 Å². The topological polar surface area (TPSA) is 65.4 Å². The van der Waals surface area contributed by atoms with Gasteiger partial charge in [-0.05, 0) is 37.3 Å². The molecular formula is C15H14N2O2S. The molecule has 20 heavy (non-hydrogen) atoms. The molecule has 0 atom stereocenters. The number of hydrogen-bond acceptors (Lipinski definition) is 5. The number of thiazole rings is 1. The monoisotopic (exact) mass is 286 g/mol. The van der Waals surface area contributed by atoms with E-state index in [-0.39, 0.29) is 11.5 Å². The van der Waals surface area contributed by atoms with Gasteiger partial charge in [0.15, 0.2) is 0 Å². The molecule has 0 unspecified atom stereocenters. The van der Waals surface area contributed by atoms with Crippen molar-refractivity contribution in [3.63, 3.8) is 0 Å². The van der Waals surface area contributed by atoms with Gasteiger partial charge < -0.3 is 15.5 Å². The molecule has 2 aromatic carbocycles. The highest BCUT2D eigenvalue weighted by atomic mass is 32.1. The first-order valence-corrected chi connectivity index (χ1v) is 7.05. The van der Waals surface area contributed by atoms with Crippen LogP contribution in [0.1, 0.15) is 10.6 Å². The number of rotatable bonds is 3. The lowest BCUT2D eigenvalue weighted by molar-refractivity contribution is 0.446. The Kier molecular flexibility index (Phi) is 3.20. The molecule has 3 N–H and O–H groups in total. The van der Waals surface area contributed by atoms with Crippen LogP contribution >= 0.6 is 11.3 Å². The zero-order chi connectivity index (χ0) is 14.1. The first-order valence-electron chi connectivity index (χ1n) is 6.24. The predicted molar refractivity (Wildman–Crippen MR) is 81.5 cm³/mol. The smallest absolute Gasteiger partial charge is 0.124 e. The Morgan fingerprint density at radius 1 is 1.15 bits per heavy atom. The Morgan fingerprint density at radius 2 is 2.00 bits per heavy atom. The number of aromatic nitrogens is 1. The Labute approximate surface area is 120 Å². The average Bonchev–Trinajstić information content (AvgIpc) is 2.77. The minimum Gasteiger partial charge on any atom is -0.508 e. The lowest BCUT2D eigenvalue weighted by Gasteiger charge is -2.08. The van der Waals surface area contributed by atoms with E-state index in [2.05, 4.69) is 16.4 Å². The van der Waals surface area contributed by atoms with Crippen molar-refractivity contribution >= 4 is 27.2 Å². The first kappa shape index (κ1) is 12.7. The first-order chi connectivity index (χ1) is 9.61. The van der Waals surface area contributed by atoms with Gasteiger partial charge in [-0.25, -0.2) is 4.98 Å². The average molecular weight is 286 g/mol. The third-order valence-corrected chi connectivity index (χ3v) is 3.98. The van der Waals surface area contributed by atoms with Crippen LogP contribution < -0.4 is 5.32 Å². The Morgan fingerprint density at radius 3 is 2.80 bits per heavy atom. The molecule has 1 heterocycles. The van der Waals surface area contributed by atoms with E-state index < -0.39 is 0 Å². The third kappa shape index (κ3) is 2.53. The summed E-state index contributed by atoms with van der Waals surface area (Å²) in [5.41, 5.74) is 2.72. The number of phenols is 2. The highest BCUT2D eigenvalue weighted by Gasteiger charge is 2.04. The number of nitrogens with zero attached hydrogens (tertiary/aromatic N) is 1. The predicted octanol–water partition coefficient (Wildman–Crippen LogP) is 3.63. The van der Waals surface area contributed by atoms with Gasteiger partial charge in [0.05, 0.1) is 15.2 Å². The summed E-state index contributed by atoms with van der Waals surface area (Å²) in [7, 11) is 0. The molecule has 3 aromatic rings. The number of anilines is 1. The van der Waals surface area contributed by atoms with Gasteiger partial charge >= 0.3 is 0 Å². The molecule has 4 nitrogen and oxygen atoms in total. The van der Waals surface area contributed by atoms with Crippen LogP contribution in [0.15, 0.2) is 36.4 Å². The van der Waals surface area contributed by atoms with Crippen molar-refractivity contribution in [1.82, 2.24) is 4.98 Å². The van der Waals surface area contributed by atoms with Crippen LogP contribution in [0.2, 0.25) is 0 Å². The molecule has 102 valence electrons. The van der Waals surface area contributed by atoms with Gasteiger partial charge in [0, 0.05) is 23.9 Å². The van der Waals surface area contributed by atoms with E-state index in [9.17, 15) is 10.2 Å². The zero-order valence-electron chi connectivity index (χ0n) is 10.9. The molecule has 0 saturated carbocycles. The highest BCUT2D eigenvalue weighted by Crippen LogP contribution is 2.26. The van der Waals surface area contributed by atoms with E-state index in [0.29, 0.717) is 6.54 Å². The number of fused-ring (bicyclic) bond motifs is 1. The Hall–Kier alpha value is -2.27. The summed E-state index contributed by atoms with van der Waals surface area (Å²) in [6, 6.07) is 10.6. The molecule has 0 aliphatic carbocycles. The van der Waals surface area contributed by atoms with Crippen LogP contribution in [0.4, 0.5) is 5.69 Å². The van der Waals surface area contributed by atoms with Gasteiger partial charge in [0.25, 0.3) is 0 Å². The summed E-state index contributed by atoms with van der Waals surface area (Å²) in [5, 5.41) is 23.3. The summed E-state index contributed by atoms with van der Waals surface area (Å²) in [5.74, 6) is 0.153. The minimum absolute atomic E-state index is 0.0628. The summed E-state index contributed by atoms with van der Waals surface area (Å²) in [4.78, 5) is 4.42. The molecule has 0 radical (unpaired) electrons. The van der Waals surface area contributed by atoms with Gasteiger partial charge in [-0.1, -0.05) is 0 Å². The molecule has 0 amide bonds. The molecule has 0 spiro atoms. The molecule has 0 fully saturated rings. The number of phenolic OH excluding ortho intramolecular Hbond substituents is 2. The maximum atomic E-state index is 9.74. The minimum atomic E-state index is 0.0628. The number of aryl methyl sites for hydroxylation is 1. The second-order valence-electron chi connectivity index (χ2n) is 4.58. The van der Waals surface area contributed by atoms with E-state index >= 15 is 0 Å². The SMILES string of the molecule is Cc1nc2ccc(NCc3ccc(O)cc3O)cc2s1. The maximum absolute atomic E-state index is 9.74. The van der Waals surface area contributed by atoms with Crippen molar-refractivity contribution < 1.29 is 10.2 Å². The van der Waals surface area contributed by atoms with Gasteiger partial charge in [-0.2, -0.15) is 0 Å². The van der Waals surface area contributed by atoms with Crippen LogP contribution in [0.3, 0.4) is 0 Å². The number of nitrogens with one attached hydrogen (secondary N) is 1. The summed E-state index contributed by atoms with van der Waals surface area (Å²) in [6.45, 7) is 2.49. The van der Waals surface area contributed by atoms with Gasteiger partial charge in [-0.3, -0.25) is 0 Å². The number of benzene rings is 2. The van der Waals surface area contributed by atoms with Gasteiger partial charge in [0.1, 0.15) is 11.5 Å². The fourth-order valence-electron chi connectivity index (χ4n) is 2.05. The van der Waals surface area contributed by atoms with E-state index in [1.807, 2.05) is 19.1 Å². The molecule has 0 bridgehead atoms. The number of aromatic hydroxyl groups is 2. The maximum Gasteiger partial charge on any atom is 0.124 e. The standard InChI is InChI=1S/C15H14N2O2S/c1-9-17-13-5-3-11(6-15(13)20-9)16-8-10-2-4-12(18)7-14(10)19/h2-7,16,18-19H,8H2,1H3. The van der Waals surface area contributed by atoms with Crippen molar-refractivity contribution in [1.29, 1.82) is 0 Å². The van der Waals surface area contributed by atoms with E-state index in [1.165, 1.54) is 6.07 Å². The summed E-state index contributed by atoms with van der Waals surface area (Å²) in [6.07, 6.45) is 0.